The number of carbonyl (C=O) groups excluding carboxylic acids is 2. The van der Waals surface area contributed by atoms with Crippen molar-refractivity contribution in [3.63, 3.8) is 0 Å². The van der Waals surface area contributed by atoms with Crippen LogP contribution < -0.4 is 14.8 Å². The van der Waals surface area contributed by atoms with Gasteiger partial charge in [0.15, 0.2) is 0 Å². The standard InChI is InChI=1S/C18H31N3O6S2/c1-12(18(26)27)19-17(25)14(9-10-16(23)24)20-15(22)8-4-2-3-6-13-7-5-11-28-21-29-13/h12-14,21H,2-11H2,1H3,(H,19,25)(H,20,22)(H,23,24)(H,26,27). The third-order valence-corrected chi connectivity index (χ3v) is 6.66. The van der Waals surface area contributed by atoms with Gasteiger partial charge in [-0.2, -0.15) is 0 Å². The summed E-state index contributed by atoms with van der Waals surface area (Å²) in [6, 6.07) is -2.19. The first-order valence-corrected chi connectivity index (χ1v) is 11.7. The topological polar surface area (TPSA) is 145 Å². The van der Waals surface area contributed by atoms with Crippen molar-refractivity contribution in [2.75, 3.05) is 5.75 Å². The van der Waals surface area contributed by atoms with Gasteiger partial charge in [-0.1, -0.05) is 36.7 Å². The van der Waals surface area contributed by atoms with Crippen molar-refractivity contribution < 1.29 is 29.4 Å². The van der Waals surface area contributed by atoms with E-state index in [-0.39, 0.29) is 25.2 Å². The SMILES string of the molecule is CC(NC(=O)C(CCC(=O)O)NC(=O)CCCCCC1CCCSNS1)C(=O)O. The van der Waals surface area contributed by atoms with Crippen LogP contribution >= 0.6 is 23.9 Å². The maximum atomic E-state index is 12.2. The molecule has 0 saturated carbocycles. The van der Waals surface area contributed by atoms with Gasteiger partial charge in [0.25, 0.3) is 0 Å². The second kappa shape index (κ2) is 14.5. The molecule has 1 saturated heterocycles. The number of carboxylic acids is 2. The number of unbranched alkanes of at least 4 members (excludes halogenated alkanes) is 2. The van der Waals surface area contributed by atoms with Gasteiger partial charge in [-0.05, 0) is 39.0 Å². The average Bonchev–Trinajstić information content (AvgIpc) is 2.93. The molecule has 3 atom stereocenters. The van der Waals surface area contributed by atoms with E-state index in [1.165, 1.54) is 19.8 Å². The van der Waals surface area contributed by atoms with Crippen LogP contribution in [-0.2, 0) is 19.2 Å². The number of hydrogen-bond donors (Lipinski definition) is 5. The molecule has 3 unspecified atom stereocenters. The molecule has 1 rings (SSSR count). The highest BCUT2D eigenvalue weighted by atomic mass is 32.2. The Balaban J connectivity index is 2.34. The minimum absolute atomic E-state index is 0.0941. The van der Waals surface area contributed by atoms with E-state index in [0.29, 0.717) is 11.7 Å². The zero-order valence-electron chi connectivity index (χ0n) is 16.6. The Hall–Kier alpha value is -1.46. The normalized spacial score (nSPS) is 18.9. The minimum atomic E-state index is -1.21. The number of carboxylic acid groups (broad SMARTS) is 2. The van der Waals surface area contributed by atoms with Gasteiger partial charge in [-0.3, -0.25) is 19.2 Å². The van der Waals surface area contributed by atoms with Crippen LogP contribution in [0.1, 0.15) is 64.7 Å². The van der Waals surface area contributed by atoms with Crippen molar-refractivity contribution in [2.24, 2.45) is 0 Å². The lowest BCUT2D eigenvalue weighted by molar-refractivity contribution is -0.142. The molecule has 0 bridgehead atoms. The van der Waals surface area contributed by atoms with Gasteiger partial charge in [-0.15, -0.1) is 0 Å². The lowest BCUT2D eigenvalue weighted by atomic mass is 10.1. The molecule has 1 heterocycles. The maximum Gasteiger partial charge on any atom is 0.325 e. The Morgan fingerprint density at radius 2 is 1.86 bits per heavy atom. The van der Waals surface area contributed by atoms with Gasteiger partial charge in [0.05, 0.1) is 0 Å². The van der Waals surface area contributed by atoms with Crippen LogP contribution in [0, 0.1) is 0 Å². The van der Waals surface area contributed by atoms with Crippen LogP contribution in [0.2, 0.25) is 0 Å². The Labute approximate surface area is 179 Å². The Morgan fingerprint density at radius 3 is 2.55 bits per heavy atom. The average molecular weight is 450 g/mol. The van der Waals surface area contributed by atoms with Gasteiger partial charge in [0.1, 0.15) is 12.1 Å². The van der Waals surface area contributed by atoms with E-state index in [9.17, 15) is 19.2 Å². The lowest BCUT2D eigenvalue weighted by Gasteiger charge is -2.19. The maximum absolute atomic E-state index is 12.2. The lowest BCUT2D eigenvalue weighted by Crippen LogP contribution is -2.50. The molecule has 0 aliphatic carbocycles. The summed E-state index contributed by atoms with van der Waals surface area (Å²) >= 11 is 3.52. The third kappa shape index (κ3) is 12.0. The van der Waals surface area contributed by atoms with Gasteiger partial charge in [-0.25, -0.2) is 4.13 Å². The van der Waals surface area contributed by atoms with Gasteiger partial charge >= 0.3 is 11.9 Å². The molecule has 0 aromatic carbocycles. The van der Waals surface area contributed by atoms with Crippen molar-refractivity contribution >= 4 is 47.6 Å². The molecule has 5 N–H and O–H groups in total. The zero-order chi connectivity index (χ0) is 21.6. The van der Waals surface area contributed by atoms with Gasteiger partial charge < -0.3 is 20.8 Å². The van der Waals surface area contributed by atoms with Crippen molar-refractivity contribution in [2.45, 2.75) is 82.0 Å². The van der Waals surface area contributed by atoms with E-state index < -0.39 is 29.9 Å². The zero-order valence-corrected chi connectivity index (χ0v) is 18.3. The van der Waals surface area contributed by atoms with Crippen LogP contribution in [0.15, 0.2) is 0 Å². The van der Waals surface area contributed by atoms with Crippen molar-refractivity contribution in [3.05, 3.63) is 0 Å². The summed E-state index contributed by atoms with van der Waals surface area (Å²) < 4.78 is 3.28. The summed E-state index contributed by atoms with van der Waals surface area (Å²) in [6.07, 6.45) is 5.96. The molecule has 166 valence electrons. The number of amides is 2. The predicted molar refractivity (Wildman–Crippen MR) is 113 cm³/mol. The molecule has 11 heteroatoms. The largest absolute Gasteiger partial charge is 0.481 e. The molecule has 0 spiro atoms. The van der Waals surface area contributed by atoms with Crippen molar-refractivity contribution in [3.8, 4) is 0 Å². The second-order valence-electron chi connectivity index (χ2n) is 7.03. The fourth-order valence-corrected chi connectivity index (χ4v) is 4.83. The summed E-state index contributed by atoms with van der Waals surface area (Å²) in [5.41, 5.74) is 0. The van der Waals surface area contributed by atoms with Crippen LogP contribution in [0.4, 0.5) is 0 Å². The highest BCUT2D eigenvalue weighted by molar-refractivity contribution is 8.13. The smallest absolute Gasteiger partial charge is 0.325 e. The summed E-state index contributed by atoms with van der Waals surface area (Å²) in [6.45, 7) is 1.30. The first kappa shape index (κ1) is 25.6. The Morgan fingerprint density at radius 1 is 1.10 bits per heavy atom. The summed E-state index contributed by atoms with van der Waals surface area (Å²) in [4.78, 5) is 46.0. The predicted octanol–water partition coefficient (Wildman–Crippen LogP) is 1.92. The fourth-order valence-electron chi connectivity index (χ4n) is 2.80. The van der Waals surface area contributed by atoms with Crippen LogP contribution in [0.5, 0.6) is 0 Å². The van der Waals surface area contributed by atoms with Crippen LogP contribution in [0.25, 0.3) is 0 Å². The van der Waals surface area contributed by atoms with Crippen LogP contribution in [0.3, 0.4) is 0 Å². The quantitative estimate of drug-likeness (QED) is 0.210. The number of hydrogen-bond acceptors (Lipinski definition) is 7. The molecule has 2 amide bonds. The summed E-state index contributed by atoms with van der Waals surface area (Å²) in [5.74, 6) is -2.19. The first-order valence-electron chi connectivity index (χ1n) is 9.86. The molecular formula is C18H31N3O6S2. The van der Waals surface area contributed by atoms with Gasteiger partial charge in [0, 0.05) is 23.8 Å². The molecular weight excluding hydrogens is 418 g/mol. The minimum Gasteiger partial charge on any atom is -0.481 e. The van der Waals surface area contributed by atoms with E-state index >= 15 is 0 Å². The van der Waals surface area contributed by atoms with Crippen LogP contribution in [-0.4, -0.2) is 57.1 Å². The molecule has 1 fully saturated rings. The van der Waals surface area contributed by atoms with E-state index in [4.69, 9.17) is 10.2 Å². The summed E-state index contributed by atoms with van der Waals surface area (Å²) in [7, 11) is 0. The van der Waals surface area contributed by atoms with E-state index in [1.54, 1.807) is 23.9 Å². The Kier molecular flexibility index (Phi) is 12.8. The molecule has 1 aliphatic rings. The highest BCUT2D eigenvalue weighted by Crippen LogP contribution is 2.26. The highest BCUT2D eigenvalue weighted by Gasteiger charge is 2.24. The first-order chi connectivity index (χ1) is 13.8. The summed E-state index contributed by atoms with van der Waals surface area (Å²) in [5, 5.41) is 23.1. The molecule has 0 radical (unpaired) electrons. The Bertz CT molecular complexity index is 556. The number of aliphatic carboxylic acids is 2. The molecule has 1 aliphatic heterocycles. The monoisotopic (exact) mass is 449 g/mol. The van der Waals surface area contributed by atoms with E-state index in [1.807, 2.05) is 0 Å². The number of carbonyl (C=O) groups is 4. The fraction of sp³-hybridized carbons (Fsp3) is 0.778. The van der Waals surface area contributed by atoms with Gasteiger partial charge in [0.2, 0.25) is 11.8 Å². The second-order valence-corrected chi connectivity index (χ2v) is 9.30. The molecule has 0 aromatic rings. The van der Waals surface area contributed by atoms with E-state index in [2.05, 4.69) is 14.8 Å². The molecule has 29 heavy (non-hydrogen) atoms. The van der Waals surface area contributed by atoms with E-state index in [0.717, 1.165) is 25.0 Å². The van der Waals surface area contributed by atoms with Crippen molar-refractivity contribution in [1.29, 1.82) is 0 Å². The van der Waals surface area contributed by atoms with Crippen molar-refractivity contribution in [1.82, 2.24) is 14.8 Å². The number of nitrogens with one attached hydrogen (secondary N) is 3. The molecule has 9 nitrogen and oxygen atoms in total. The number of rotatable bonds is 13. The third-order valence-electron chi connectivity index (χ3n) is 4.50. The molecule has 0 aromatic heterocycles.